The van der Waals surface area contributed by atoms with Crippen molar-refractivity contribution >= 4 is 23.5 Å². The summed E-state index contributed by atoms with van der Waals surface area (Å²) in [6.07, 6.45) is 5.52. The number of nitrogens with one attached hydrogen (secondary N) is 1. The number of hydrogen-bond acceptors (Lipinski definition) is 4. The molecule has 1 aliphatic carbocycles. The molecule has 1 aromatic rings. The molecule has 4 N–H and O–H groups in total. The Balaban J connectivity index is 2.09. The zero-order chi connectivity index (χ0) is 15.3. The van der Waals surface area contributed by atoms with Gasteiger partial charge in [0.2, 0.25) is 5.91 Å². The summed E-state index contributed by atoms with van der Waals surface area (Å²) in [6.45, 7) is 0.620. The molecule has 0 heterocycles. The fourth-order valence-corrected chi connectivity index (χ4v) is 3.45. The van der Waals surface area contributed by atoms with Crippen molar-refractivity contribution < 1.29 is 10.0 Å². The number of rotatable bonds is 6. The number of nitrogens with zero attached hydrogens (tertiary/aromatic N) is 1. The molecule has 0 aromatic heterocycles. The van der Waals surface area contributed by atoms with Gasteiger partial charge in [-0.25, -0.2) is 0 Å². The lowest BCUT2D eigenvalue weighted by atomic mass is 9.84. The SMILES string of the molecule is CSC1(CNC(=O)C(/C(N)=N/O)c2ccccc2)CCC1. The van der Waals surface area contributed by atoms with Gasteiger partial charge in [0.1, 0.15) is 5.92 Å². The fourth-order valence-electron chi connectivity index (χ4n) is 2.53. The summed E-state index contributed by atoms with van der Waals surface area (Å²) in [5.74, 6) is -1.07. The smallest absolute Gasteiger partial charge is 0.235 e. The minimum absolute atomic E-state index is 0.0921. The molecular weight excluding hydrogens is 286 g/mol. The van der Waals surface area contributed by atoms with E-state index in [4.69, 9.17) is 10.9 Å². The van der Waals surface area contributed by atoms with E-state index in [0.29, 0.717) is 6.54 Å². The minimum atomic E-state index is -0.754. The highest BCUT2D eigenvalue weighted by Crippen LogP contribution is 2.42. The summed E-state index contributed by atoms with van der Waals surface area (Å²) in [7, 11) is 0. The van der Waals surface area contributed by atoms with Crippen LogP contribution < -0.4 is 11.1 Å². The van der Waals surface area contributed by atoms with Gasteiger partial charge in [-0.3, -0.25) is 4.79 Å². The normalized spacial score (nSPS) is 18.6. The largest absolute Gasteiger partial charge is 0.409 e. The molecule has 0 radical (unpaired) electrons. The van der Waals surface area contributed by atoms with Crippen molar-refractivity contribution in [3.63, 3.8) is 0 Å². The second-order valence-corrected chi connectivity index (χ2v) is 6.60. The van der Waals surface area contributed by atoms with Crippen LogP contribution in [0.5, 0.6) is 0 Å². The molecule has 114 valence electrons. The molecule has 21 heavy (non-hydrogen) atoms. The summed E-state index contributed by atoms with van der Waals surface area (Å²) in [5, 5.41) is 14.9. The maximum absolute atomic E-state index is 12.5. The predicted octanol–water partition coefficient (Wildman–Crippen LogP) is 1.92. The van der Waals surface area contributed by atoms with Crippen LogP contribution in [-0.4, -0.2) is 34.5 Å². The number of amides is 1. The molecule has 1 aliphatic rings. The molecule has 6 heteroatoms. The molecular formula is C15H21N3O2S. The molecule has 0 saturated heterocycles. The molecule has 1 saturated carbocycles. The lowest BCUT2D eigenvalue weighted by Gasteiger charge is -2.40. The minimum Gasteiger partial charge on any atom is -0.409 e. The zero-order valence-corrected chi connectivity index (χ0v) is 12.9. The molecule has 1 unspecified atom stereocenters. The molecule has 5 nitrogen and oxygen atoms in total. The van der Waals surface area contributed by atoms with Crippen molar-refractivity contribution in [1.82, 2.24) is 5.32 Å². The molecule has 0 aliphatic heterocycles. The van der Waals surface area contributed by atoms with Gasteiger partial charge in [-0.2, -0.15) is 11.8 Å². The Morgan fingerprint density at radius 3 is 2.62 bits per heavy atom. The van der Waals surface area contributed by atoms with Gasteiger partial charge >= 0.3 is 0 Å². The lowest BCUT2D eigenvalue weighted by molar-refractivity contribution is -0.121. The van der Waals surface area contributed by atoms with Crippen molar-refractivity contribution in [2.24, 2.45) is 10.9 Å². The number of carbonyl (C=O) groups is 1. The van der Waals surface area contributed by atoms with Crippen LogP contribution in [0, 0.1) is 0 Å². The van der Waals surface area contributed by atoms with E-state index >= 15 is 0 Å². The van der Waals surface area contributed by atoms with Crippen molar-refractivity contribution in [1.29, 1.82) is 0 Å². The second kappa shape index (κ2) is 6.85. The average Bonchev–Trinajstić information content (AvgIpc) is 2.47. The van der Waals surface area contributed by atoms with Crippen molar-refractivity contribution in [3.8, 4) is 0 Å². The van der Waals surface area contributed by atoms with E-state index in [2.05, 4.69) is 16.7 Å². The molecule has 2 rings (SSSR count). The Bertz CT molecular complexity index is 509. The number of hydrogen-bond donors (Lipinski definition) is 3. The Morgan fingerprint density at radius 2 is 2.14 bits per heavy atom. The lowest BCUT2D eigenvalue weighted by Crippen LogP contribution is -2.47. The molecule has 1 fully saturated rings. The maximum Gasteiger partial charge on any atom is 0.235 e. The first kappa shape index (κ1) is 15.7. The van der Waals surface area contributed by atoms with E-state index < -0.39 is 5.92 Å². The first-order valence-corrected chi connectivity index (χ1v) is 8.19. The quantitative estimate of drug-likeness (QED) is 0.324. The topological polar surface area (TPSA) is 87.7 Å². The van der Waals surface area contributed by atoms with Crippen molar-refractivity contribution in [2.45, 2.75) is 29.9 Å². The first-order valence-electron chi connectivity index (χ1n) is 6.97. The Morgan fingerprint density at radius 1 is 1.48 bits per heavy atom. The van der Waals surface area contributed by atoms with Crippen molar-refractivity contribution in [3.05, 3.63) is 35.9 Å². The van der Waals surface area contributed by atoms with E-state index in [1.165, 1.54) is 6.42 Å². The number of carbonyl (C=O) groups excluding carboxylic acids is 1. The Kier molecular flexibility index (Phi) is 5.12. The number of amidine groups is 1. The van der Waals surface area contributed by atoms with Gasteiger partial charge in [0.05, 0.1) is 0 Å². The standard InChI is InChI=1S/C15H21N3O2S/c1-21-15(8-5-9-15)10-17-14(19)12(13(16)18-20)11-6-3-2-4-7-11/h2-4,6-7,12,20H,5,8-10H2,1H3,(H2,16,18)(H,17,19). The van der Waals surface area contributed by atoms with Gasteiger partial charge < -0.3 is 16.3 Å². The van der Waals surface area contributed by atoms with Crippen molar-refractivity contribution in [2.75, 3.05) is 12.8 Å². The summed E-state index contributed by atoms with van der Waals surface area (Å²) in [6, 6.07) is 9.12. The highest BCUT2D eigenvalue weighted by molar-refractivity contribution is 8.00. The van der Waals surface area contributed by atoms with E-state index in [-0.39, 0.29) is 16.5 Å². The van der Waals surface area contributed by atoms with Gasteiger partial charge in [-0.05, 0) is 24.7 Å². The van der Waals surface area contributed by atoms with Gasteiger partial charge in [0.25, 0.3) is 0 Å². The first-order chi connectivity index (χ1) is 10.1. The zero-order valence-electron chi connectivity index (χ0n) is 12.1. The third kappa shape index (κ3) is 3.50. The number of thioether (sulfide) groups is 1. The van der Waals surface area contributed by atoms with E-state index in [1.807, 2.05) is 18.2 Å². The van der Waals surface area contributed by atoms with Crippen LogP contribution in [0.4, 0.5) is 0 Å². The van der Waals surface area contributed by atoms with Crippen LogP contribution in [0.2, 0.25) is 0 Å². The van der Waals surface area contributed by atoms with Gasteiger partial charge in [0.15, 0.2) is 5.84 Å². The molecule has 1 atom stereocenters. The third-order valence-electron chi connectivity index (χ3n) is 4.09. The van der Waals surface area contributed by atoms with E-state index in [0.717, 1.165) is 18.4 Å². The van der Waals surface area contributed by atoms with E-state index in [1.54, 1.807) is 23.9 Å². The van der Waals surface area contributed by atoms with Gasteiger partial charge in [-0.1, -0.05) is 41.9 Å². The fraction of sp³-hybridized carbons (Fsp3) is 0.467. The Labute approximate surface area is 129 Å². The second-order valence-electron chi connectivity index (χ2n) is 5.33. The summed E-state index contributed by atoms with van der Waals surface area (Å²) in [5.41, 5.74) is 6.42. The highest BCUT2D eigenvalue weighted by atomic mass is 32.2. The Hall–Kier alpha value is -1.69. The van der Waals surface area contributed by atoms with Crippen LogP contribution in [0.15, 0.2) is 35.5 Å². The van der Waals surface area contributed by atoms with E-state index in [9.17, 15) is 4.79 Å². The molecule has 1 amide bonds. The van der Waals surface area contributed by atoms with Crippen LogP contribution in [-0.2, 0) is 4.79 Å². The summed E-state index contributed by atoms with van der Waals surface area (Å²) < 4.78 is 0.155. The summed E-state index contributed by atoms with van der Waals surface area (Å²) >= 11 is 1.80. The van der Waals surface area contributed by atoms with Crippen LogP contribution in [0.25, 0.3) is 0 Å². The average molecular weight is 307 g/mol. The van der Waals surface area contributed by atoms with Gasteiger partial charge in [-0.15, -0.1) is 0 Å². The van der Waals surface area contributed by atoms with Crippen LogP contribution in [0.3, 0.4) is 0 Å². The number of oxime groups is 1. The number of benzene rings is 1. The predicted molar refractivity (Wildman–Crippen MR) is 85.7 cm³/mol. The number of nitrogens with two attached hydrogens (primary N) is 1. The van der Waals surface area contributed by atoms with Crippen LogP contribution in [0.1, 0.15) is 30.7 Å². The molecule has 0 spiro atoms. The third-order valence-corrected chi connectivity index (χ3v) is 5.51. The highest BCUT2D eigenvalue weighted by Gasteiger charge is 2.37. The van der Waals surface area contributed by atoms with Gasteiger partial charge in [0, 0.05) is 11.3 Å². The maximum atomic E-state index is 12.5. The monoisotopic (exact) mass is 307 g/mol. The van der Waals surface area contributed by atoms with Crippen LogP contribution >= 0.6 is 11.8 Å². The molecule has 0 bridgehead atoms. The summed E-state index contributed by atoms with van der Waals surface area (Å²) in [4.78, 5) is 12.5. The molecule has 1 aromatic carbocycles.